The molecule has 3 unspecified atom stereocenters. The van der Waals surface area contributed by atoms with E-state index in [-0.39, 0.29) is 31.1 Å². The fourth-order valence-corrected chi connectivity index (χ4v) is 2.45. The number of rotatable bonds is 12. The maximum Gasteiger partial charge on any atom is 0.269 e. The number of nitro groups is 1. The first-order chi connectivity index (χ1) is 13.7. The number of ether oxygens (including phenoxy) is 3. The van der Waals surface area contributed by atoms with Gasteiger partial charge in [0.1, 0.15) is 6.79 Å². The molecule has 0 spiro atoms. The third-order valence-corrected chi connectivity index (χ3v) is 4.40. The molecule has 0 aliphatic heterocycles. The molecule has 162 valence electrons. The monoisotopic (exact) mass is 413 g/mol. The van der Waals surface area contributed by atoms with Crippen molar-refractivity contribution in [2.45, 2.75) is 32.6 Å². The van der Waals surface area contributed by atoms with Crippen molar-refractivity contribution in [1.29, 1.82) is 0 Å². The quantitative estimate of drug-likeness (QED) is 0.173. The molecule has 29 heavy (non-hydrogen) atoms. The van der Waals surface area contributed by atoms with Crippen molar-refractivity contribution in [3.8, 4) is 0 Å². The molecule has 2 amide bonds. The fraction of sp³-hybridized carbons (Fsp3) is 0.556. The number of benzene rings is 1. The zero-order valence-electron chi connectivity index (χ0n) is 16.9. The fourth-order valence-electron chi connectivity index (χ4n) is 2.45. The minimum absolute atomic E-state index is 0.0642. The number of nitro benzene ring substituents is 1. The van der Waals surface area contributed by atoms with Gasteiger partial charge in [-0.15, -0.1) is 0 Å². The van der Waals surface area contributed by atoms with Crippen LogP contribution in [0.1, 0.15) is 30.6 Å². The molecule has 0 aliphatic carbocycles. The van der Waals surface area contributed by atoms with Crippen LogP contribution in [0.3, 0.4) is 0 Å². The van der Waals surface area contributed by atoms with Crippen molar-refractivity contribution in [2.75, 3.05) is 27.6 Å². The summed E-state index contributed by atoms with van der Waals surface area (Å²) in [6.45, 7) is 3.28. The Balaban J connectivity index is 2.85. The lowest BCUT2D eigenvalue weighted by molar-refractivity contribution is -0.384. The number of amides is 2. The Labute approximate surface area is 168 Å². The van der Waals surface area contributed by atoms with Crippen molar-refractivity contribution in [1.82, 2.24) is 10.4 Å². The number of hydrogen-bond donors (Lipinski definition) is 2. The van der Waals surface area contributed by atoms with Gasteiger partial charge in [-0.3, -0.25) is 24.9 Å². The average Bonchev–Trinajstić information content (AvgIpc) is 2.73. The predicted molar refractivity (Wildman–Crippen MR) is 101 cm³/mol. The van der Waals surface area contributed by atoms with Gasteiger partial charge in [-0.2, -0.15) is 0 Å². The second-order valence-electron chi connectivity index (χ2n) is 6.45. The van der Waals surface area contributed by atoms with Gasteiger partial charge in [0, 0.05) is 37.8 Å². The van der Waals surface area contributed by atoms with Crippen molar-refractivity contribution < 1.29 is 33.9 Å². The van der Waals surface area contributed by atoms with Crippen LogP contribution < -0.4 is 5.48 Å². The summed E-state index contributed by atoms with van der Waals surface area (Å²) in [6, 6.07) is 4.69. The first-order valence-electron chi connectivity index (χ1n) is 8.88. The van der Waals surface area contributed by atoms with Gasteiger partial charge in [0.15, 0.2) is 6.29 Å². The van der Waals surface area contributed by atoms with E-state index in [9.17, 15) is 19.7 Å². The highest BCUT2D eigenvalue weighted by Crippen LogP contribution is 2.17. The maximum absolute atomic E-state index is 12.8. The molecule has 1 rings (SSSR count). The van der Waals surface area contributed by atoms with E-state index >= 15 is 0 Å². The SMILES string of the molecule is COC(C)OCOCC(CC(C)C(=O)NO)N(C)C(=O)c1ccc([N+](=O)[O-])cc1. The lowest BCUT2D eigenvalue weighted by atomic mass is 10.00. The number of hydroxylamine groups is 1. The molecule has 1 aromatic rings. The Morgan fingerprint density at radius 1 is 1.28 bits per heavy atom. The van der Waals surface area contributed by atoms with Gasteiger partial charge in [0.05, 0.1) is 17.6 Å². The van der Waals surface area contributed by atoms with E-state index in [0.29, 0.717) is 0 Å². The van der Waals surface area contributed by atoms with E-state index in [1.165, 1.54) is 36.3 Å². The van der Waals surface area contributed by atoms with Crippen molar-refractivity contribution in [3.05, 3.63) is 39.9 Å². The number of hydrogen-bond acceptors (Lipinski definition) is 8. The van der Waals surface area contributed by atoms with Crippen molar-refractivity contribution in [3.63, 3.8) is 0 Å². The summed E-state index contributed by atoms with van der Waals surface area (Å²) in [5.41, 5.74) is 1.72. The molecule has 11 nitrogen and oxygen atoms in total. The highest BCUT2D eigenvalue weighted by Gasteiger charge is 2.26. The molecule has 0 fully saturated rings. The van der Waals surface area contributed by atoms with Crippen LogP contribution in [0, 0.1) is 16.0 Å². The second kappa shape index (κ2) is 12.1. The number of carbonyl (C=O) groups excluding carboxylic acids is 2. The molecular formula is C18H27N3O8. The molecule has 3 atom stereocenters. The van der Waals surface area contributed by atoms with Gasteiger partial charge in [0.2, 0.25) is 5.91 Å². The lowest BCUT2D eigenvalue weighted by Gasteiger charge is -2.30. The summed E-state index contributed by atoms with van der Waals surface area (Å²) in [6.07, 6.45) is -0.256. The molecule has 0 saturated heterocycles. The number of nitrogens with one attached hydrogen (secondary N) is 1. The largest absolute Gasteiger partial charge is 0.356 e. The van der Waals surface area contributed by atoms with E-state index in [1.54, 1.807) is 26.4 Å². The van der Waals surface area contributed by atoms with Gasteiger partial charge < -0.3 is 19.1 Å². The van der Waals surface area contributed by atoms with E-state index < -0.39 is 35.0 Å². The van der Waals surface area contributed by atoms with Crippen LogP contribution in [-0.2, 0) is 19.0 Å². The number of nitrogens with zero attached hydrogens (tertiary/aromatic N) is 2. The second-order valence-corrected chi connectivity index (χ2v) is 6.45. The third kappa shape index (κ3) is 7.74. The van der Waals surface area contributed by atoms with Crippen LogP contribution in [0.2, 0.25) is 0 Å². The lowest BCUT2D eigenvalue weighted by Crippen LogP contribution is -2.43. The van der Waals surface area contributed by atoms with Crippen LogP contribution in [0.4, 0.5) is 5.69 Å². The van der Waals surface area contributed by atoms with Crippen LogP contribution in [0.25, 0.3) is 0 Å². The van der Waals surface area contributed by atoms with Gasteiger partial charge in [0.25, 0.3) is 11.6 Å². The van der Waals surface area contributed by atoms with E-state index in [0.717, 1.165) is 0 Å². The summed E-state index contributed by atoms with van der Waals surface area (Å²) in [4.78, 5) is 36.0. The normalized spacial score (nSPS) is 14.0. The smallest absolute Gasteiger partial charge is 0.269 e. The Morgan fingerprint density at radius 3 is 2.41 bits per heavy atom. The molecule has 0 aliphatic rings. The zero-order chi connectivity index (χ0) is 22.0. The van der Waals surface area contributed by atoms with Crippen LogP contribution in [0.15, 0.2) is 24.3 Å². The number of methoxy groups -OCH3 is 1. The minimum Gasteiger partial charge on any atom is -0.356 e. The first kappa shape index (κ1) is 24.4. The Kier molecular flexibility index (Phi) is 10.2. The number of carbonyl (C=O) groups is 2. The molecule has 2 N–H and O–H groups in total. The van der Waals surface area contributed by atoms with Gasteiger partial charge in [-0.05, 0) is 25.5 Å². The van der Waals surface area contributed by atoms with Crippen LogP contribution in [-0.4, -0.2) is 66.7 Å². The Bertz CT molecular complexity index is 682. The number of likely N-dealkylation sites (N-methyl/N-ethyl adjacent to an activating group) is 1. The zero-order valence-corrected chi connectivity index (χ0v) is 16.9. The van der Waals surface area contributed by atoms with E-state index in [1.807, 2.05) is 0 Å². The van der Waals surface area contributed by atoms with Gasteiger partial charge in [-0.1, -0.05) is 6.92 Å². The van der Waals surface area contributed by atoms with Gasteiger partial charge >= 0.3 is 0 Å². The third-order valence-electron chi connectivity index (χ3n) is 4.40. The Morgan fingerprint density at radius 2 is 1.90 bits per heavy atom. The van der Waals surface area contributed by atoms with E-state index in [4.69, 9.17) is 19.4 Å². The summed E-state index contributed by atoms with van der Waals surface area (Å²) in [7, 11) is 3.03. The van der Waals surface area contributed by atoms with Crippen molar-refractivity contribution >= 4 is 17.5 Å². The molecular weight excluding hydrogens is 386 g/mol. The standard InChI is InChI=1S/C18H27N3O8/c1-12(17(22)19-24)9-16(10-28-11-29-13(2)27-4)20(3)18(23)14-5-7-15(8-6-14)21(25)26/h5-8,12-13,16,24H,9-11H2,1-4H3,(H,19,22). The topological polar surface area (TPSA) is 140 Å². The van der Waals surface area contributed by atoms with Crippen LogP contribution >= 0.6 is 0 Å². The summed E-state index contributed by atoms with van der Waals surface area (Å²) in [5.74, 6) is -1.58. The molecule has 1 aromatic carbocycles. The highest BCUT2D eigenvalue weighted by molar-refractivity contribution is 5.94. The molecule has 0 heterocycles. The first-order valence-corrected chi connectivity index (χ1v) is 8.88. The number of non-ortho nitro benzene ring substituents is 1. The Hall–Kier alpha value is -2.60. The molecule has 0 aromatic heterocycles. The molecule has 0 bridgehead atoms. The van der Waals surface area contributed by atoms with Crippen molar-refractivity contribution in [2.24, 2.45) is 5.92 Å². The molecule has 0 saturated carbocycles. The van der Waals surface area contributed by atoms with Gasteiger partial charge in [-0.25, -0.2) is 5.48 Å². The summed E-state index contributed by atoms with van der Waals surface area (Å²) < 4.78 is 15.6. The molecule has 0 radical (unpaired) electrons. The maximum atomic E-state index is 12.8. The molecule has 11 heteroatoms. The predicted octanol–water partition coefficient (Wildman–Crippen LogP) is 1.55. The highest BCUT2D eigenvalue weighted by atomic mass is 16.7. The summed E-state index contributed by atoms with van der Waals surface area (Å²) >= 11 is 0. The van der Waals surface area contributed by atoms with Crippen LogP contribution in [0.5, 0.6) is 0 Å². The average molecular weight is 413 g/mol. The van der Waals surface area contributed by atoms with E-state index in [2.05, 4.69) is 0 Å². The summed E-state index contributed by atoms with van der Waals surface area (Å²) in [5, 5.41) is 19.6. The minimum atomic E-state index is -0.598.